The van der Waals surface area contributed by atoms with Crippen LogP contribution in [-0.2, 0) is 16.7 Å². The molecule has 0 aliphatic carbocycles. The Hall–Kier alpha value is -1.57. The fraction of sp³-hybridized carbons (Fsp3) is 0.182. The summed E-state index contributed by atoms with van der Waals surface area (Å²) >= 11 is 6.11. The summed E-state index contributed by atoms with van der Waals surface area (Å²) in [6.45, 7) is 0.124. The number of pyridine rings is 1. The predicted molar refractivity (Wildman–Crippen MR) is 69.1 cm³/mol. The second kappa shape index (κ2) is 5.60. The molecule has 2 rings (SSSR count). The molecule has 0 unspecified atom stereocenters. The Balaban J connectivity index is 2.23. The van der Waals surface area contributed by atoms with E-state index >= 15 is 0 Å². The summed E-state index contributed by atoms with van der Waals surface area (Å²) in [5, 5.41) is 0.429. The molecule has 0 saturated heterocycles. The van der Waals surface area contributed by atoms with Crippen molar-refractivity contribution in [3.63, 3.8) is 0 Å². The van der Waals surface area contributed by atoms with Gasteiger partial charge in [0.2, 0.25) is 0 Å². The third-order valence-corrected chi connectivity index (χ3v) is 3.42. The molecule has 1 N–H and O–H groups in total. The van der Waals surface area contributed by atoms with Gasteiger partial charge < -0.3 is 0 Å². The molecule has 0 bridgehead atoms. The Labute approximate surface area is 115 Å². The molecule has 0 atom stereocenters. The molecule has 0 radical (unpaired) electrons. The van der Waals surface area contributed by atoms with E-state index in [4.69, 9.17) is 16.2 Å². The Morgan fingerprint density at radius 2 is 2.16 bits per heavy atom. The number of rotatable bonds is 4. The topological polar surface area (TPSA) is 84.0 Å². The van der Waals surface area contributed by atoms with Crippen LogP contribution in [0.4, 0.5) is 0 Å². The van der Waals surface area contributed by atoms with Crippen LogP contribution in [0.5, 0.6) is 0 Å². The maximum absolute atomic E-state index is 10.7. The Bertz CT molecular complexity index is 677. The van der Waals surface area contributed by atoms with Crippen LogP contribution in [0.1, 0.15) is 0 Å². The molecular formula is C11H11ClN3O3S+. The van der Waals surface area contributed by atoms with Crippen molar-refractivity contribution in [3.05, 3.63) is 42.1 Å². The molecule has 100 valence electrons. The maximum atomic E-state index is 10.7. The van der Waals surface area contributed by atoms with Gasteiger partial charge in [-0.05, 0) is 0 Å². The van der Waals surface area contributed by atoms with Crippen molar-refractivity contribution in [1.82, 2.24) is 9.97 Å². The lowest BCUT2D eigenvalue weighted by molar-refractivity contribution is -0.692. The smallest absolute Gasteiger partial charge is 0.271 e. The van der Waals surface area contributed by atoms with Crippen molar-refractivity contribution in [2.24, 2.45) is 0 Å². The molecule has 0 aliphatic heterocycles. The number of aromatic nitrogens is 3. The van der Waals surface area contributed by atoms with Crippen LogP contribution in [0.3, 0.4) is 0 Å². The Kier molecular flexibility index (Phi) is 4.08. The van der Waals surface area contributed by atoms with E-state index in [0.29, 0.717) is 16.3 Å². The Morgan fingerprint density at radius 3 is 2.74 bits per heavy atom. The predicted octanol–water partition coefficient (Wildman–Crippen LogP) is 0.972. The van der Waals surface area contributed by atoms with E-state index in [-0.39, 0.29) is 12.3 Å². The maximum Gasteiger partial charge on any atom is 0.271 e. The van der Waals surface area contributed by atoms with E-state index in [1.165, 1.54) is 0 Å². The minimum absolute atomic E-state index is 0.124. The number of halogens is 1. The first-order valence-corrected chi connectivity index (χ1v) is 7.34. The van der Waals surface area contributed by atoms with E-state index in [9.17, 15) is 8.42 Å². The molecule has 0 saturated carbocycles. The lowest BCUT2D eigenvalue weighted by Crippen LogP contribution is -2.36. The van der Waals surface area contributed by atoms with Gasteiger partial charge >= 0.3 is 0 Å². The summed E-state index contributed by atoms with van der Waals surface area (Å²) in [4.78, 5) is 8.09. The molecule has 0 aliphatic rings. The summed E-state index contributed by atoms with van der Waals surface area (Å²) in [5.74, 6) is -0.363. The summed E-state index contributed by atoms with van der Waals surface area (Å²) in [6, 6.07) is 1.72. The van der Waals surface area contributed by atoms with E-state index in [0.717, 1.165) is 0 Å². The van der Waals surface area contributed by atoms with Gasteiger partial charge in [-0.15, -0.1) is 0 Å². The van der Waals surface area contributed by atoms with Gasteiger partial charge in [0.05, 0.1) is 11.9 Å². The van der Waals surface area contributed by atoms with Gasteiger partial charge in [-0.3, -0.25) is 14.5 Å². The molecule has 0 aromatic carbocycles. The molecule has 0 fully saturated rings. The number of nitrogens with zero attached hydrogens (tertiary/aromatic N) is 3. The number of aryl methyl sites for hydroxylation is 1. The average molecular weight is 301 g/mol. The lowest BCUT2D eigenvalue weighted by atomic mass is 10.2. The highest BCUT2D eigenvalue weighted by atomic mass is 35.5. The van der Waals surface area contributed by atoms with Crippen molar-refractivity contribution < 1.29 is 17.5 Å². The van der Waals surface area contributed by atoms with Crippen molar-refractivity contribution >= 4 is 21.7 Å². The third kappa shape index (κ3) is 3.95. The molecule has 19 heavy (non-hydrogen) atoms. The molecule has 2 heterocycles. The molecule has 0 amide bonds. The van der Waals surface area contributed by atoms with Crippen LogP contribution >= 0.6 is 11.6 Å². The zero-order chi connectivity index (χ0) is 13.9. The van der Waals surface area contributed by atoms with Crippen molar-refractivity contribution in [1.29, 1.82) is 0 Å². The van der Waals surface area contributed by atoms with Gasteiger partial charge in [0.1, 0.15) is 10.8 Å². The second-order valence-electron chi connectivity index (χ2n) is 3.82. The fourth-order valence-electron chi connectivity index (χ4n) is 1.51. The van der Waals surface area contributed by atoms with E-state index in [1.807, 2.05) is 0 Å². The van der Waals surface area contributed by atoms with Gasteiger partial charge in [-0.2, -0.15) is 8.42 Å². The highest BCUT2D eigenvalue weighted by Gasteiger charge is 2.13. The highest BCUT2D eigenvalue weighted by molar-refractivity contribution is 7.85. The number of hydrogen-bond acceptors (Lipinski definition) is 4. The summed E-state index contributed by atoms with van der Waals surface area (Å²) in [7, 11) is -3.98. The highest BCUT2D eigenvalue weighted by Crippen LogP contribution is 2.23. The first kappa shape index (κ1) is 13.9. The Morgan fingerprint density at radius 1 is 1.37 bits per heavy atom. The van der Waals surface area contributed by atoms with Gasteiger partial charge in [-0.1, -0.05) is 11.6 Å². The monoisotopic (exact) mass is 300 g/mol. The molecule has 0 spiro atoms. The van der Waals surface area contributed by atoms with Crippen LogP contribution < -0.4 is 4.57 Å². The van der Waals surface area contributed by atoms with Gasteiger partial charge in [-0.25, -0.2) is 4.57 Å². The fourth-order valence-corrected chi connectivity index (χ4v) is 2.24. The quantitative estimate of drug-likeness (QED) is 0.672. The lowest BCUT2D eigenvalue weighted by Gasteiger charge is -2.02. The summed E-state index contributed by atoms with van der Waals surface area (Å²) in [6.07, 6.45) is 7.96. The SMILES string of the molecule is O=S(=O)(O)CC[n+]1ccc(-c2cnccn2)c(Cl)c1. The van der Waals surface area contributed by atoms with Crippen LogP contribution in [-0.4, -0.2) is 28.7 Å². The first-order chi connectivity index (χ1) is 8.96. The molecule has 2 aromatic rings. The molecular weight excluding hydrogens is 290 g/mol. The van der Waals surface area contributed by atoms with E-state index < -0.39 is 10.1 Å². The zero-order valence-corrected chi connectivity index (χ0v) is 11.3. The first-order valence-electron chi connectivity index (χ1n) is 5.36. The van der Waals surface area contributed by atoms with Crippen molar-refractivity contribution in [2.45, 2.75) is 6.54 Å². The van der Waals surface area contributed by atoms with Crippen LogP contribution in [0.15, 0.2) is 37.1 Å². The zero-order valence-electron chi connectivity index (χ0n) is 9.77. The van der Waals surface area contributed by atoms with Gasteiger partial charge in [0, 0.05) is 24.0 Å². The third-order valence-electron chi connectivity index (χ3n) is 2.42. The minimum Gasteiger partial charge on any atom is -0.285 e. The average Bonchev–Trinajstić information content (AvgIpc) is 2.37. The van der Waals surface area contributed by atoms with Crippen molar-refractivity contribution in [2.75, 3.05) is 5.75 Å². The standard InChI is InChI=1S/C11H10ClN3O3S/c12-10-8-15(5-6-19(16,17)18)4-1-9(10)11-7-13-2-3-14-11/h1-4,7-8H,5-6H2/p+1. The van der Waals surface area contributed by atoms with Gasteiger partial charge in [0.15, 0.2) is 18.9 Å². The van der Waals surface area contributed by atoms with Crippen LogP contribution in [0, 0.1) is 0 Å². The van der Waals surface area contributed by atoms with E-state index in [1.54, 1.807) is 41.6 Å². The van der Waals surface area contributed by atoms with Crippen LogP contribution in [0.2, 0.25) is 5.02 Å². The van der Waals surface area contributed by atoms with Crippen LogP contribution in [0.25, 0.3) is 11.3 Å². The molecule has 2 aromatic heterocycles. The largest absolute Gasteiger partial charge is 0.285 e. The normalized spacial score (nSPS) is 11.5. The molecule has 8 heteroatoms. The van der Waals surface area contributed by atoms with Crippen molar-refractivity contribution in [3.8, 4) is 11.3 Å². The molecule has 6 nitrogen and oxygen atoms in total. The van der Waals surface area contributed by atoms with E-state index in [2.05, 4.69) is 9.97 Å². The summed E-state index contributed by atoms with van der Waals surface area (Å²) in [5.41, 5.74) is 1.34. The second-order valence-corrected chi connectivity index (χ2v) is 5.80. The minimum atomic E-state index is -3.98. The number of hydrogen-bond donors (Lipinski definition) is 1. The summed E-state index contributed by atoms with van der Waals surface area (Å²) < 4.78 is 31.6. The van der Waals surface area contributed by atoms with Gasteiger partial charge in [0.25, 0.3) is 10.1 Å².